The molecule has 0 saturated carbocycles. The van der Waals surface area contributed by atoms with Gasteiger partial charge in [-0.1, -0.05) is 18.2 Å². The summed E-state index contributed by atoms with van der Waals surface area (Å²) in [6, 6.07) is 12.4. The van der Waals surface area contributed by atoms with Gasteiger partial charge < -0.3 is 4.90 Å². The number of rotatable bonds is 2. The van der Waals surface area contributed by atoms with Crippen molar-refractivity contribution in [1.82, 2.24) is 10.2 Å². The maximum Gasteiger partial charge on any atom is 0.155 e. The van der Waals surface area contributed by atoms with Crippen molar-refractivity contribution in [2.75, 3.05) is 11.4 Å². The zero-order chi connectivity index (χ0) is 12.4. The minimum Gasteiger partial charge on any atom is -0.325 e. The van der Waals surface area contributed by atoms with Gasteiger partial charge in [0.25, 0.3) is 0 Å². The third kappa shape index (κ3) is 2.06. The second-order valence-electron chi connectivity index (χ2n) is 4.40. The fourth-order valence-corrected chi connectivity index (χ4v) is 2.48. The molecule has 4 heteroatoms. The number of hydrogen-bond acceptors (Lipinski definition) is 3. The van der Waals surface area contributed by atoms with Crippen LogP contribution in [-0.4, -0.2) is 16.7 Å². The van der Waals surface area contributed by atoms with Gasteiger partial charge in [-0.25, -0.2) is 0 Å². The summed E-state index contributed by atoms with van der Waals surface area (Å²) in [5, 5.41) is 8.39. The average Bonchev–Trinajstić information content (AvgIpc) is 2.47. The van der Waals surface area contributed by atoms with E-state index < -0.39 is 0 Å². The molecular formula is C14H14ClN3. The van der Waals surface area contributed by atoms with Crippen molar-refractivity contribution in [2.24, 2.45) is 0 Å². The molecule has 0 atom stereocenters. The Morgan fingerprint density at radius 2 is 2.00 bits per heavy atom. The first-order chi connectivity index (χ1) is 8.88. The average molecular weight is 260 g/mol. The summed E-state index contributed by atoms with van der Waals surface area (Å²) in [5.41, 5.74) is 3.44. The number of fused-ring (bicyclic) bond motifs is 1. The molecule has 0 amide bonds. The highest BCUT2D eigenvalue weighted by Crippen LogP contribution is 2.31. The summed E-state index contributed by atoms with van der Waals surface area (Å²) in [5.74, 6) is 1.31. The van der Waals surface area contributed by atoms with Crippen LogP contribution in [0.1, 0.15) is 17.7 Å². The molecule has 3 rings (SSSR count). The fraction of sp³-hybridized carbons (Fsp3) is 0.286. The third-order valence-corrected chi connectivity index (χ3v) is 3.50. The van der Waals surface area contributed by atoms with E-state index in [1.165, 1.54) is 11.3 Å². The van der Waals surface area contributed by atoms with E-state index >= 15 is 0 Å². The van der Waals surface area contributed by atoms with Crippen LogP contribution in [0.4, 0.5) is 11.5 Å². The van der Waals surface area contributed by atoms with Gasteiger partial charge in [-0.05, 0) is 36.6 Å². The SMILES string of the molecule is ClCc1ccc(N2CCCc3ccccc32)nn1. The second kappa shape index (κ2) is 4.94. The standard InChI is InChI=1S/C14H14ClN3/c15-10-12-7-8-14(17-16-12)18-9-3-5-11-4-1-2-6-13(11)18/h1-2,4,6-8H,3,5,9-10H2. The molecule has 18 heavy (non-hydrogen) atoms. The Morgan fingerprint density at radius 3 is 2.78 bits per heavy atom. The third-order valence-electron chi connectivity index (χ3n) is 3.23. The van der Waals surface area contributed by atoms with Gasteiger partial charge >= 0.3 is 0 Å². The molecule has 0 bridgehead atoms. The lowest BCUT2D eigenvalue weighted by atomic mass is 10.0. The van der Waals surface area contributed by atoms with Crippen LogP contribution >= 0.6 is 11.6 Å². The lowest BCUT2D eigenvalue weighted by Gasteiger charge is -2.29. The van der Waals surface area contributed by atoms with E-state index in [4.69, 9.17) is 11.6 Å². The monoisotopic (exact) mass is 259 g/mol. The van der Waals surface area contributed by atoms with Gasteiger partial charge in [0.15, 0.2) is 5.82 Å². The summed E-state index contributed by atoms with van der Waals surface area (Å²) in [7, 11) is 0. The van der Waals surface area contributed by atoms with Crippen molar-refractivity contribution in [3.63, 3.8) is 0 Å². The number of aromatic nitrogens is 2. The van der Waals surface area contributed by atoms with E-state index in [1.54, 1.807) is 0 Å². The van der Waals surface area contributed by atoms with E-state index in [0.717, 1.165) is 30.9 Å². The van der Waals surface area contributed by atoms with Crippen LogP contribution in [-0.2, 0) is 12.3 Å². The molecule has 1 aliphatic rings. The van der Waals surface area contributed by atoms with Crippen molar-refractivity contribution in [3.8, 4) is 0 Å². The van der Waals surface area contributed by atoms with Gasteiger partial charge in [0, 0.05) is 12.2 Å². The molecule has 0 unspecified atom stereocenters. The lowest BCUT2D eigenvalue weighted by molar-refractivity contribution is 0.751. The summed E-state index contributed by atoms with van der Waals surface area (Å²) in [4.78, 5) is 2.23. The maximum absolute atomic E-state index is 5.73. The Hall–Kier alpha value is -1.61. The van der Waals surface area contributed by atoms with E-state index in [9.17, 15) is 0 Å². The highest BCUT2D eigenvalue weighted by atomic mass is 35.5. The smallest absolute Gasteiger partial charge is 0.155 e. The van der Waals surface area contributed by atoms with Crippen molar-refractivity contribution >= 4 is 23.1 Å². The molecular weight excluding hydrogens is 246 g/mol. The van der Waals surface area contributed by atoms with Crippen molar-refractivity contribution < 1.29 is 0 Å². The predicted octanol–water partition coefficient (Wildman–Crippen LogP) is 3.30. The number of anilines is 2. The first-order valence-corrected chi connectivity index (χ1v) is 6.66. The Labute approximate surface area is 111 Å². The minimum absolute atomic E-state index is 0.407. The first-order valence-electron chi connectivity index (χ1n) is 6.12. The normalized spacial score (nSPS) is 14.4. The van der Waals surface area contributed by atoms with Crippen LogP contribution in [0.3, 0.4) is 0 Å². The zero-order valence-electron chi connectivity index (χ0n) is 10.0. The van der Waals surface area contributed by atoms with E-state index in [0.29, 0.717) is 5.88 Å². The lowest BCUT2D eigenvalue weighted by Crippen LogP contribution is -2.25. The topological polar surface area (TPSA) is 29.0 Å². The highest BCUT2D eigenvalue weighted by Gasteiger charge is 2.18. The Bertz CT molecular complexity index is 539. The van der Waals surface area contributed by atoms with Crippen LogP contribution < -0.4 is 4.90 Å². The summed E-state index contributed by atoms with van der Waals surface area (Å²) >= 11 is 5.73. The highest BCUT2D eigenvalue weighted by molar-refractivity contribution is 6.16. The van der Waals surface area contributed by atoms with Gasteiger partial charge in [0.05, 0.1) is 11.6 Å². The number of benzene rings is 1. The van der Waals surface area contributed by atoms with E-state index in [-0.39, 0.29) is 0 Å². The maximum atomic E-state index is 5.73. The van der Waals surface area contributed by atoms with Gasteiger partial charge in [0.2, 0.25) is 0 Å². The van der Waals surface area contributed by atoms with Crippen LogP contribution in [0.25, 0.3) is 0 Å². The number of alkyl halides is 1. The largest absolute Gasteiger partial charge is 0.325 e. The molecule has 1 aliphatic heterocycles. The first kappa shape index (κ1) is 11.5. The number of halogens is 1. The molecule has 1 aromatic carbocycles. The molecule has 3 nitrogen and oxygen atoms in total. The van der Waals surface area contributed by atoms with Crippen LogP contribution in [0.2, 0.25) is 0 Å². The van der Waals surface area contributed by atoms with Crippen molar-refractivity contribution in [1.29, 1.82) is 0 Å². The van der Waals surface area contributed by atoms with Crippen molar-refractivity contribution in [3.05, 3.63) is 47.7 Å². The molecule has 2 heterocycles. The number of nitrogens with zero attached hydrogens (tertiary/aromatic N) is 3. The predicted molar refractivity (Wildman–Crippen MR) is 73.4 cm³/mol. The number of hydrogen-bond donors (Lipinski definition) is 0. The summed E-state index contributed by atoms with van der Waals surface area (Å²) < 4.78 is 0. The van der Waals surface area contributed by atoms with E-state index in [2.05, 4.69) is 39.4 Å². The second-order valence-corrected chi connectivity index (χ2v) is 4.67. The minimum atomic E-state index is 0.407. The zero-order valence-corrected chi connectivity index (χ0v) is 10.8. The van der Waals surface area contributed by atoms with Gasteiger partial charge in [-0.15, -0.1) is 16.7 Å². The molecule has 0 N–H and O–H groups in total. The quantitative estimate of drug-likeness (QED) is 0.775. The van der Waals surface area contributed by atoms with Crippen molar-refractivity contribution in [2.45, 2.75) is 18.7 Å². The van der Waals surface area contributed by atoms with Crippen LogP contribution in [0.15, 0.2) is 36.4 Å². The molecule has 0 spiro atoms. The number of aryl methyl sites for hydroxylation is 1. The van der Waals surface area contributed by atoms with Crippen LogP contribution in [0, 0.1) is 0 Å². The Balaban J connectivity index is 1.97. The molecule has 1 aromatic heterocycles. The van der Waals surface area contributed by atoms with Gasteiger partial charge in [-0.3, -0.25) is 0 Å². The molecule has 0 radical (unpaired) electrons. The van der Waals surface area contributed by atoms with E-state index in [1.807, 2.05) is 12.1 Å². The Kier molecular flexibility index (Phi) is 3.15. The van der Waals surface area contributed by atoms with Gasteiger partial charge in [0.1, 0.15) is 0 Å². The van der Waals surface area contributed by atoms with Crippen LogP contribution in [0.5, 0.6) is 0 Å². The molecule has 0 saturated heterocycles. The molecule has 0 aliphatic carbocycles. The van der Waals surface area contributed by atoms with Gasteiger partial charge in [-0.2, -0.15) is 5.10 Å². The summed E-state index contributed by atoms with van der Waals surface area (Å²) in [6.07, 6.45) is 2.29. The molecule has 2 aromatic rings. The molecule has 0 fully saturated rings. The summed E-state index contributed by atoms with van der Waals surface area (Å²) in [6.45, 7) is 0.992. The Morgan fingerprint density at radius 1 is 1.11 bits per heavy atom. The molecule has 92 valence electrons. The number of para-hydroxylation sites is 1. The fourth-order valence-electron chi connectivity index (χ4n) is 2.34.